The van der Waals surface area contributed by atoms with Crippen LogP contribution < -0.4 is 10.8 Å². The quantitative estimate of drug-likeness (QED) is 0.344. The number of fused-ring (bicyclic) bond motifs is 1. The first-order valence-electron chi connectivity index (χ1n) is 10.7. The number of nitrogens with zero attached hydrogens (tertiary/aromatic N) is 3. The van der Waals surface area contributed by atoms with Gasteiger partial charge in [0, 0.05) is 29.1 Å². The summed E-state index contributed by atoms with van der Waals surface area (Å²) >= 11 is 0. The normalized spacial score (nSPS) is 12.7. The van der Waals surface area contributed by atoms with Crippen LogP contribution >= 0.6 is 7.14 Å². The van der Waals surface area contributed by atoms with Gasteiger partial charge in [0.2, 0.25) is 0 Å². The molecule has 0 saturated heterocycles. The average Bonchev–Trinajstić information content (AvgIpc) is 2.78. The Bertz CT molecular complexity index is 1450. The molecule has 34 heavy (non-hydrogen) atoms. The van der Waals surface area contributed by atoms with Crippen molar-refractivity contribution in [3.63, 3.8) is 0 Å². The molecule has 5 nitrogen and oxygen atoms in total. The molecule has 1 unspecified atom stereocenters. The van der Waals surface area contributed by atoms with E-state index in [1.54, 1.807) is 39.3 Å². The Labute approximate surface area is 195 Å². The second-order valence-corrected chi connectivity index (χ2v) is 11.8. The summed E-state index contributed by atoms with van der Waals surface area (Å²) in [7, 11) is -2.56. The maximum Gasteiger partial charge on any atom is 0.164 e. The van der Waals surface area contributed by atoms with Gasteiger partial charge in [-0.25, -0.2) is 18.2 Å². The molecule has 4 aromatic rings. The highest BCUT2D eigenvalue weighted by atomic mass is 31.2. The maximum absolute atomic E-state index is 15.0. The van der Waals surface area contributed by atoms with E-state index in [0.29, 0.717) is 33.4 Å². The summed E-state index contributed by atoms with van der Waals surface area (Å²) in [4.78, 5) is 13.2. The average molecular weight is 484 g/mol. The fourth-order valence-electron chi connectivity index (χ4n) is 3.74. The molecule has 3 aromatic heterocycles. The summed E-state index contributed by atoms with van der Waals surface area (Å²) in [5.74, 6) is -2.44. The zero-order chi connectivity index (χ0) is 24.8. The van der Waals surface area contributed by atoms with Gasteiger partial charge < -0.3 is 9.88 Å². The molecule has 0 aliphatic carbocycles. The van der Waals surface area contributed by atoms with Gasteiger partial charge in [0.05, 0.1) is 22.7 Å². The number of aryl methyl sites for hydroxylation is 1. The predicted octanol–water partition coefficient (Wildman–Crippen LogP) is 6.15. The number of hydrogen-bond acceptors (Lipinski definition) is 5. The van der Waals surface area contributed by atoms with Gasteiger partial charge in [-0.15, -0.1) is 0 Å². The highest BCUT2D eigenvalue weighted by molar-refractivity contribution is 7.69. The summed E-state index contributed by atoms with van der Waals surface area (Å²) < 4.78 is 55.5. The molecule has 0 aliphatic heterocycles. The van der Waals surface area contributed by atoms with Crippen molar-refractivity contribution in [3.8, 4) is 11.3 Å². The smallest absolute Gasteiger partial charge is 0.164 e. The third kappa shape index (κ3) is 4.42. The van der Waals surface area contributed by atoms with E-state index in [4.69, 9.17) is 0 Å². The molecule has 0 bridgehead atoms. The third-order valence-corrected chi connectivity index (χ3v) is 7.15. The van der Waals surface area contributed by atoms with Crippen molar-refractivity contribution in [1.82, 2.24) is 15.0 Å². The summed E-state index contributed by atoms with van der Waals surface area (Å²) in [5.41, 5.74) is 3.77. The van der Waals surface area contributed by atoms with E-state index in [1.807, 2.05) is 6.92 Å². The first-order chi connectivity index (χ1) is 16.0. The maximum atomic E-state index is 15.0. The number of pyridine rings is 3. The molecule has 3 heterocycles. The lowest BCUT2D eigenvalue weighted by molar-refractivity contribution is 0.494. The minimum atomic E-state index is -2.56. The molecule has 0 aliphatic rings. The van der Waals surface area contributed by atoms with Crippen molar-refractivity contribution in [1.29, 1.82) is 0 Å². The molecule has 4 rings (SSSR count). The Morgan fingerprint density at radius 2 is 1.74 bits per heavy atom. The van der Waals surface area contributed by atoms with Gasteiger partial charge in [0.1, 0.15) is 18.4 Å². The number of aromatic nitrogens is 3. The van der Waals surface area contributed by atoms with Gasteiger partial charge in [-0.05, 0) is 57.9 Å². The SMILES string of the molecule is Cc1nc2cc(F)c(-c3ccc(P(C)(C)=O)nc3)nc2c(NC(C)c2cccc(F)c2F)c1C. The van der Waals surface area contributed by atoms with Gasteiger partial charge in [-0.2, -0.15) is 0 Å². The second kappa shape index (κ2) is 8.84. The molecule has 0 spiro atoms. The number of benzene rings is 1. The molecule has 0 fully saturated rings. The fourth-order valence-corrected chi connectivity index (χ4v) is 4.51. The van der Waals surface area contributed by atoms with Crippen LogP contribution in [-0.4, -0.2) is 28.3 Å². The molecule has 0 amide bonds. The van der Waals surface area contributed by atoms with E-state index < -0.39 is 30.6 Å². The Hall–Kier alpha value is -3.25. The fraction of sp³-hybridized carbons (Fsp3) is 0.240. The predicted molar refractivity (Wildman–Crippen MR) is 130 cm³/mol. The summed E-state index contributed by atoms with van der Waals surface area (Å²) in [6.45, 7) is 8.55. The largest absolute Gasteiger partial charge is 0.376 e. The van der Waals surface area contributed by atoms with Crippen LogP contribution in [0.3, 0.4) is 0 Å². The van der Waals surface area contributed by atoms with E-state index in [9.17, 15) is 13.3 Å². The lowest BCUT2D eigenvalue weighted by Crippen LogP contribution is -2.12. The molecular formula is C25H24F3N4OP. The van der Waals surface area contributed by atoms with Crippen LogP contribution in [0.15, 0.2) is 42.6 Å². The number of hydrogen-bond donors (Lipinski definition) is 1. The van der Waals surface area contributed by atoms with Crippen molar-refractivity contribution in [2.24, 2.45) is 0 Å². The molecular weight excluding hydrogens is 460 g/mol. The van der Waals surface area contributed by atoms with E-state index in [-0.39, 0.29) is 11.3 Å². The van der Waals surface area contributed by atoms with E-state index in [2.05, 4.69) is 20.3 Å². The number of anilines is 1. The van der Waals surface area contributed by atoms with Crippen molar-refractivity contribution in [2.75, 3.05) is 18.6 Å². The molecule has 176 valence electrons. The molecule has 1 atom stereocenters. The Kier molecular flexibility index (Phi) is 6.21. The number of rotatable bonds is 5. The zero-order valence-corrected chi connectivity index (χ0v) is 20.3. The van der Waals surface area contributed by atoms with Gasteiger partial charge in [0.25, 0.3) is 0 Å². The topological polar surface area (TPSA) is 67.8 Å². The highest BCUT2D eigenvalue weighted by Gasteiger charge is 2.21. The van der Waals surface area contributed by atoms with Crippen LogP contribution in [0, 0.1) is 31.3 Å². The van der Waals surface area contributed by atoms with Crippen LogP contribution in [0.4, 0.5) is 18.9 Å². The van der Waals surface area contributed by atoms with Crippen molar-refractivity contribution >= 4 is 29.3 Å². The van der Waals surface area contributed by atoms with E-state index in [1.165, 1.54) is 24.4 Å². The number of nitrogens with one attached hydrogen (secondary N) is 1. The van der Waals surface area contributed by atoms with Crippen LogP contribution in [0.5, 0.6) is 0 Å². The molecule has 0 saturated carbocycles. The van der Waals surface area contributed by atoms with Gasteiger partial charge >= 0.3 is 0 Å². The Morgan fingerprint density at radius 3 is 2.38 bits per heavy atom. The van der Waals surface area contributed by atoms with Crippen LogP contribution in [0.2, 0.25) is 0 Å². The summed E-state index contributed by atoms with van der Waals surface area (Å²) in [6.07, 6.45) is 1.44. The minimum Gasteiger partial charge on any atom is -0.376 e. The lowest BCUT2D eigenvalue weighted by atomic mass is 10.0. The van der Waals surface area contributed by atoms with E-state index >= 15 is 4.39 Å². The van der Waals surface area contributed by atoms with Gasteiger partial charge in [0.15, 0.2) is 17.5 Å². The molecule has 1 N–H and O–H groups in total. The zero-order valence-electron chi connectivity index (χ0n) is 19.4. The first-order valence-corrected chi connectivity index (χ1v) is 13.3. The van der Waals surface area contributed by atoms with Crippen molar-refractivity contribution in [3.05, 3.63) is 76.9 Å². The first kappa shape index (κ1) is 23.9. The monoisotopic (exact) mass is 484 g/mol. The lowest BCUT2D eigenvalue weighted by Gasteiger charge is -2.21. The Balaban J connectivity index is 1.84. The van der Waals surface area contributed by atoms with Crippen LogP contribution in [-0.2, 0) is 4.57 Å². The minimum absolute atomic E-state index is 0.0614. The summed E-state index contributed by atoms with van der Waals surface area (Å²) in [5, 5.41) is 3.22. The highest BCUT2D eigenvalue weighted by Crippen LogP contribution is 2.35. The standard InChI is InChI=1S/C25H24F3N4OP/c1-13-14(2)30-20-11-19(27)24(16-9-10-21(29-12-16)34(4,5)33)32-25(20)23(13)31-15(3)17-7-6-8-18(26)22(17)28/h6-12,15H,1-5H3,(H,30,31). The third-order valence-electron chi connectivity index (χ3n) is 5.78. The second-order valence-electron chi connectivity index (χ2n) is 8.65. The van der Waals surface area contributed by atoms with Crippen molar-refractivity contribution < 1.29 is 17.7 Å². The van der Waals surface area contributed by atoms with Crippen LogP contribution in [0.1, 0.15) is 29.8 Å². The van der Waals surface area contributed by atoms with Crippen molar-refractivity contribution in [2.45, 2.75) is 26.8 Å². The van der Waals surface area contributed by atoms with Gasteiger partial charge in [-0.3, -0.25) is 9.97 Å². The molecule has 0 radical (unpaired) electrons. The Morgan fingerprint density at radius 1 is 1.00 bits per heavy atom. The molecule has 1 aromatic carbocycles. The van der Waals surface area contributed by atoms with Crippen LogP contribution in [0.25, 0.3) is 22.3 Å². The summed E-state index contributed by atoms with van der Waals surface area (Å²) in [6, 6.07) is 7.95. The van der Waals surface area contributed by atoms with Gasteiger partial charge in [-0.1, -0.05) is 12.1 Å². The molecule has 9 heteroatoms. The van der Waals surface area contributed by atoms with E-state index in [0.717, 1.165) is 11.6 Å². The number of halogens is 3.